The molecule has 1 aromatic carbocycles. The molecule has 0 spiro atoms. The summed E-state index contributed by atoms with van der Waals surface area (Å²) in [5.74, 6) is -0.427. The average molecular weight is 359 g/mol. The van der Waals surface area contributed by atoms with E-state index < -0.39 is 5.91 Å². The zero-order valence-electron chi connectivity index (χ0n) is 12.0. The number of amides is 1. The van der Waals surface area contributed by atoms with Crippen molar-refractivity contribution in [3.63, 3.8) is 0 Å². The van der Waals surface area contributed by atoms with Crippen LogP contribution in [-0.4, -0.2) is 15.3 Å². The van der Waals surface area contributed by atoms with Crippen LogP contribution in [0, 0.1) is 6.92 Å². The lowest BCUT2D eigenvalue weighted by molar-refractivity contribution is 0.1000. The molecule has 0 fully saturated rings. The summed E-state index contributed by atoms with van der Waals surface area (Å²) in [7, 11) is 0. The fraction of sp³-hybridized carbons (Fsp3) is 0.125. The molecule has 0 bridgehead atoms. The molecule has 0 saturated carbocycles. The summed E-state index contributed by atoms with van der Waals surface area (Å²) < 4.78 is 2.96. The Labute approximate surface area is 136 Å². The minimum atomic E-state index is -0.427. The van der Waals surface area contributed by atoms with Gasteiger partial charge in [-0.1, -0.05) is 15.9 Å². The predicted molar refractivity (Wildman–Crippen MR) is 89.9 cm³/mol. The Kier molecular flexibility index (Phi) is 3.85. The summed E-state index contributed by atoms with van der Waals surface area (Å²) >= 11 is 3.43. The molecule has 1 amide bonds. The lowest BCUT2D eigenvalue weighted by atomic mass is 10.1. The Balaban J connectivity index is 1.80. The van der Waals surface area contributed by atoms with Crippen LogP contribution in [-0.2, 0) is 6.54 Å². The predicted octanol–water partition coefficient (Wildman–Crippen LogP) is 3.12. The molecule has 5 nitrogen and oxygen atoms in total. The molecule has 112 valence electrons. The second-order valence-electron chi connectivity index (χ2n) is 5.15. The van der Waals surface area contributed by atoms with Crippen LogP contribution >= 0.6 is 15.9 Å². The van der Waals surface area contributed by atoms with Gasteiger partial charge in [-0.3, -0.25) is 4.79 Å². The Morgan fingerprint density at radius 3 is 2.95 bits per heavy atom. The summed E-state index contributed by atoms with van der Waals surface area (Å²) in [6.07, 6.45) is 3.92. The van der Waals surface area contributed by atoms with E-state index in [0.29, 0.717) is 12.1 Å². The number of pyridine rings is 1. The molecule has 0 aliphatic rings. The first-order valence-corrected chi connectivity index (χ1v) is 7.59. The van der Waals surface area contributed by atoms with Gasteiger partial charge in [-0.2, -0.15) is 0 Å². The number of carbonyl (C=O) groups excluding carboxylic acids is 1. The van der Waals surface area contributed by atoms with E-state index in [2.05, 4.69) is 26.2 Å². The number of nitrogens with two attached hydrogens (primary N) is 1. The number of aromatic nitrogens is 2. The highest BCUT2D eigenvalue weighted by molar-refractivity contribution is 9.10. The number of fused-ring (bicyclic) bond motifs is 1. The van der Waals surface area contributed by atoms with Crippen LogP contribution in [0.1, 0.15) is 21.6 Å². The number of rotatable bonds is 4. The van der Waals surface area contributed by atoms with Gasteiger partial charge in [0.1, 0.15) is 5.65 Å². The van der Waals surface area contributed by atoms with Crippen LogP contribution < -0.4 is 11.1 Å². The summed E-state index contributed by atoms with van der Waals surface area (Å²) in [5, 5.41) is 3.28. The minimum Gasteiger partial charge on any atom is -0.379 e. The number of imidazole rings is 1. The first-order chi connectivity index (χ1) is 10.5. The van der Waals surface area contributed by atoms with Crippen molar-refractivity contribution in [2.75, 3.05) is 5.32 Å². The van der Waals surface area contributed by atoms with Gasteiger partial charge in [-0.25, -0.2) is 4.98 Å². The lowest BCUT2D eigenvalue weighted by Crippen LogP contribution is -2.11. The van der Waals surface area contributed by atoms with Gasteiger partial charge in [0.25, 0.3) is 0 Å². The van der Waals surface area contributed by atoms with Gasteiger partial charge in [-0.15, -0.1) is 0 Å². The molecule has 3 aromatic rings. The van der Waals surface area contributed by atoms with Crippen LogP contribution in [0.4, 0.5) is 5.69 Å². The van der Waals surface area contributed by atoms with Crippen LogP contribution in [0.3, 0.4) is 0 Å². The molecule has 0 unspecified atom stereocenters. The van der Waals surface area contributed by atoms with Gasteiger partial charge in [0, 0.05) is 28.1 Å². The van der Waals surface area contributed by atoms with Gasteiger partial charge in [0.2, 0.25) is 5.91 Å². The van der Waals surface area contributed by atoms with E-state index in [-0.39, 0.29) is 0 Å². The quantitative estimate of drug-likeness (QED) is 0.752. The number of anilines is 1. The first-order valence-electron chi connectivity index (χ1n) is 6.80. The number of nitrogens with one attached hydrogen (secondary N) is 1. The molecule has 6 heteroatoms. The molecule has 2 heterocycles. The third kappa shape index (κ3) is 3.12. The molecule has 0 aliphatic heterocycles. The van der Waals surface area contributed by atoms with E-state index in [9.17, 15) is 4.79 Å². The van der Waals surface area contributed by atoms with Crippen molar-refractivity contribution in [3.8, 4) is 0 Å². The number of aryl methyl sites for hydroxylation is 1. The smallest absolute Gasteiger partial charge is 0.248 e. The third-order valence-corrected chi connectivity index (χ3v) is 3.80. The maximum absolute atomic E-state index is 11.3. The molecule has 2 aromatic heterocycles. The molecule has 0 saturated heterocycles. The molecular formula is C16H15BrN4O. The third-order valence-electron chi connectivity index (χ3n) is 3.31. The average Bonchev–Trinajstić information content (AvgIpc) is 2.86. The zero-order chi connectivity index (χ0) is 15.7. The first kappa shape index (κ1) is 14.6. The normalized spacial score (nSPS) is 10.8. The molecule has 0 aliphatic carbocycles. The second kappa shape index (κ2) is 5.81. The Morgan fingerprint density at radius 1 is 1.36 bits per heavy atom. The van der Waals surface area contributed by atoms with Crippen molar-refractivity contribution in [1.29, 1.82) is 0 Å². The van der Waals surface area contributed by atoms with Crippen LogP contribution in [0.25, 0.3) is 5.65 Å². The van der Waals surface area contributed by atoms with Crippen molar-refractivity contribution in [2.24, 2.45) is 5.73 Å². The largest absolute Gasteiger partial charge is 0.379 e. The van der Waals surface area contributed by atoms with E-state index in [0.717, 1.165) is 27.1 Å². The van der Waals surface area contributed by atoms with Crippen molar-refractivity contribution in [2.45, 2.75) is 13.5 Å². The standard InChI is InChI=1S/C16H15BrN4O/c1-10-4-11(16(18)22)6-13(5-10)19-8-14-9-21-3-2-12(17)7-15(21)20-14/h2-7,9,19H,8H2,1H3,(H2,18,22). The van der Waals surface area contributed by atoms with E-state index in [1.807, 2.05) is 41.9 Å². The molecule has 3 N–H and O–H groups in total. The maximum atomic E-state index is 11.3. The summed E-state index contributed by atoms with van der Waals surface area (Å²) in [5.41, 5.74) is 9.48. The SMILES string of the molecule is Cc1cc(NCc2cn3ccc(Br)cc3n2)cc(C(N)=O)c1. The van der Waals surface area contributed by atoms with Crippen molar-refractivity contribution >= 4 is 33.2 Å². The fourth-order valence-corrected chi connectivity index (χ4v) is 2.64. The van der Waals surface area contributed by atoms with Crippen molar-refractivity contribution in [1.82, 2.24) is 9.38 Å². The van der Waals surface area contributed by atoms with Gasteiger partial charge >= 0.3 is 0 Å². The number of primary amides is 1. The highest BCUT2D eigenvalue weighted by Crippen LogP contribution is 2.17. The fourth-order valence-electron chi connectivity index (χ4n) is 2.31. The van der Waals surface area contributed by atoms with Gasteiger partial charge in [0.15, 0.2) is 0 Å². The van der Waals surface area contributed by atoms with E-state index in [1.54, 1.807) is 12.1 Å². The molecule has 3 rings (SSSR count). The highest BCUT2D eigenvalue weighted by atomic mass is 79.9. The number of hydrogen-bond acceptors (Lipinski definition) is 3. The number of halogens is 1. The number of benzene rings is 1. The summed E-state index contributed by atoms with van der Waals surface area (Å²) in [6.45, 7) is 2.50. The topological polar surface area (TPSA) is 72.4 Å². The molecule has 0 atom stereocenters. The van der Waals surface area contributed by atoms with Gasteiger partial charge < -0.3 is 15.5 Å². The van der Waals surface area contributed by atoms with E-state index in [4.69, 9.17) is 5.73 Å². The van der Waals surface area contributed by atoms with Crippen molar-refractivity contribution in [3.05, 3.63) is 64.0 Å². The highest BCUT2D eigenvalue weighted by Gasteiger charge is 2.05. The van der Waals surface area contributed by atoms with E-state index in [1.165, 1.54) is 0 Å². The maximum Gasteiger partial charge on any atom is 0.248 e. The van der Waals surface area contributed by atoms with Crippen LogP contribution in [0.2, 0.25) is 0 Å². The minimum absolute atomic E-state index is 0.427. The Morgan fingerprint density at radius 2 is 2.18 bits per heavy atom. The lowest BCUT2D eigenvalue weighted by Gasteiger charge is -2.07. The molecular weight excluding hydrogens is 344 g/mol. The van der Waals surface area contributed by atoms with Gasteiger partial charge in [-0.05, 0) is 42.8 Å². The Hall–Kier alpha value is -2.34. The zero-order valence-corrected chi connectivity index (χ0v) is 13.6. The summed E-state index contributed by atoms with van der Waals surface area (Å²) in [6, 6.07) is 9.42. The van der Waals surface area contributed by atoms with Crippen molar-refractivity contribution < 1.29 is 4.79 Å². The monoisotopic (exact) mass is 358 g/mol. The number of carbonyl (C=O) groups is 1. The van der Waals surface area contributed by atoms with E-state index >= 15 is 0 Å². The van der Waals surface area contributed by atoms with Crippen LogP contribution in [0.5, 0.6) is 0 Å². The Bertz CT molecular complexity index is 856. The molecule has 0 radical (unpaired) electrons. The number of hydrogen-bond donors (Lipinski definition) is 2. The number of nitrogens with zero attached hydrogens (tertiary/aromatic N) is 2. The summed E-state index contributed by atoms with van der Waals surface area (Å²) in [4.78, 5) is 15.9. The second-order valence-corrected chi connectivity index (χ2v) is 6.06. The van der Waals surface area contributed by atoms with Gasteiger partial charge in [0.05, 0.1) is 12.2 Å². The molecule has 22 heavy (non-hydrogen) atoms. The van der Waals surface area contributed by atoms with Crippen LogP contribution in [0.15, 0.2) is 47.2 Å².